The molecule has 0 atom stereocenters. The van der Waals surface area contributed by atoms with Crippen LogP contribution in [-0.4, -0.2) is 117 Å². The molecule has 2 aliphatic rings. The van der Waals surface area contributed by atoms with Crippen LogP contribution in [0.4, 0.5) is 11.8 Å². The summed E-state index contributed by atoms with van der Waals surface area (Å²) in [5.41, 5.74) is 8.45. The van der Waals surface area contributed by atoms with Crippen molar-refractivity contribution in [3.05, 3.63) is 59.3 Å². The molecule has 0 saturated carbocycles. The van der Waals surface area contributed by atoms with Crippen molar-refractivity contribution in [2.75, 3.05) is 91.3 Å². The van der Waals surface area contributed by atoms with Gasteiger partial charge in [-0.05, 0) is 34.3 Å². The summed E-state index contributed by atoms with van der Waals surface area (Å²) in [4.78, 5) is 43.3. The van der Waals surface area contributed by atoms with E-state index < -0.39 is 0 Å². The highest BCUT2D eigenvalue weighted by Crippen LogP contribution is 2.35. The van der Waals surface area contributed by atoms with Crippen LogP contribution in [0.3, 0.4) is 0 Å². The zero-order chi connectivity index (χ0) is 29.1. The largest absolute Gasteiger partial charge is 0.488 e. The highest BCUT2D eigenvalue weighted by atomic mass is 16.5. The minimum atomic E-state index is -0.142. The number of nitrogens with two attached hydrogens (primary N) is 1. The number of likely N-dealkylation sites (N-methyl/N-ethyl adjacent to an activating group) is 2. The predicted molar refractivity (Wildman–Crippen MR) is 159 cm³/mol. The number of nitrogen functional groups attached to an aromatic ring is 1. The van der Waals surface area contributed by atoms with Crippen molar-refractivity contribution >= 4 is 34.2 Å². The molecule has 1 aliphatic carbocycles. The van der Waals surface area contributed by atoms with Crippen molar-refractivity contribution in [1.82, 2.24) is 24.7 Å². The molecule has 1 aromatic heterocycles. The molecule has 11 heteroatoms. The van der Waals surface area contributed by atoms with Gasteiger partial charge in [0.25, 0.3) is 0 Å². The Kier molecular flexibility index (Phi) is 8.36. The van der Waals surface area contributed by atoms with Crippen LogP contribution in [0.25, 0.3) is 10.9 Å². The van der Waals surface area contributed by atoms with Gasteiger partial charge in [-0.3, -0.25) is 9.59 Å². The molecule has 0 spiro atoms. The molecule has 5 rings (SSSR count). The number of fused-ring (bicyclic) bond motifs is 2. The normalized spacial score (nSPS) is 15.5. The first kappa shape index (κ1) is 28.3. The third-order valence-electron chi connectivity index (χ3n) is 7.21. The summed E-state index contributed by atoms with van der Waals surface area (Å²) in [6.07, 6.45) is 1.46. The second-order valence-electron chi connectivity index (χ2n) is 10.8. The van der Waals surface area contributed by atoms with Gasteiger partial charge in [0.15, 0.2) is 17.3 Å². The van der Waals surface area contributed by atoms with Crippen molar-refractivity contribution < 1.29 is 19.1 Å². The van der Waals surface area contributed by atoms with Crippen LogP contribution in [0.2, 0.25) is 0 Å². The number of nitrogens with zero attached hydrogens (tertiary/aromatic N) is 6. The number of carbonyl (C=O) groups is 2. The molecule has 41 heavy (non-hydrogen) atoms. The Morgan fingerprint density at radius 3 is 2.05 bits per heavy atom. The highest BCUT2D eigenvalue weighted by molar-refractivity contribution is 6.24. The number of benzene rings is 2. The summed E-state index contributed by atoms with van der Waals surface area (Å²) in [5, 5.41) is 0.697. The lowest BCUT2D eigenvalue weighted by Gasteiger charge is -2.37. The number of allylic oxidation sites excluding steroid dienone is 2. The smallest absolute Gasteiger partial charge is 0.228 e. The van der Waals surface area contributed by atoms with Crippen LogP contribution in [-0.2, 0) is 0 Å². The lowest BCUT2D eigenvalue weighted by atomic mass is 9.92. The van der Waals surface area contributed by atoms with Gasteiger partial charge in [-0.25, -0.2) is 4.98 Å². The van der Waals surface area contributed by atoms with E-state index in [1.807, 2.05) is 50.1 Å². The summed E-state index contributed by atoms with van der Waals surface area (Å²) in [6, 6.07) is 10.7. The Balaban J connectivity index is 1.34. The Labute approximate surface area is 240 Å². The van der Waals surface area contributed by atoms with Crippen molar-refractivity contribution in [3.63, 3.8) is 0 Å². The monoisotopic (exact) mass is 559 g/mol. The molecule has 0 amide bonds. The van der Waals surface area contributed by atoms with Gasteiger partial charge >= 0.3 is 0 Å². The van der Waals surface area contributed by atoms with Crippen LogP contribution in [0.5, 0.6) is 11.5 Å². The first-order valence-corrected chi connectivity index (χ1v) is 13.8. The maximum absolute atomic E-state index is 13.1. The Morgan fingerprint density at radius 1 is 0.829 bits per heavy atom. The molecule has 1 saturated heterocycles. The van der Waals surface area contributed by atoms with Gasteiger partial charge in [0.2, 0.25) is 11.7 Å². The van der Waals surface area contributed by atoms with Crippen LogP contribution in [0.15, 0.2) is 48.2 Å². The molecule has 3 aromatic rings. The average molecular weight is 560 g/mol. The fourth-order valence-electron chi connectivity index (χ4n) is 4.87. The molecule has 0 bridgehead atoms. The number of anilines is 2. The van der Waals surface area contributed by atoms with E-state index in [-0.39, 0.29) is 11.6 Å². The van der Waals surface area contributed by atoms with Crippen LogP contribution >= 0.6 is 0 Å². The Morgan fingerprint density at radius 2 is 1.41 bits per heavy atom. The van der Waals surface area contributed by atoms with Crippen molar-refractivity contribution in [1.29, 1.82) is 0 Å². The molecular formula is C30H37N7O4. The van der Waals surface area contributed by atoms with E-state index >= 15 is 0 Å². The molecular weight excluding hydrogens is 522 g/mol. The van der Waals surface area contributed by atoms with E-state index in [1.54, 1.807) is 24.3 Å². The topological polar surface area (TPSA) is 117 Å². The molecule has 0 unspecified atom stereocenters. The van der Waals surface area contributed by atoms with E-state index in [0.717, 1.165) is 13.1 Å². The van der Waals surface area contributed by atoms with E-state index in [9.17, 15) is 9.59 Å². The number of carbonyl (C=O) groups excluding carboxylic acids is 2. The van der Waals surface area contributed by atoms with Crippen LogP contribution < -0.4 is 20.1 Å². The number of aromatic nitrogens is 2. The molecule has 2 N–H and O–H groups in total. The van der Waals surface area contributed by atoms with Gasteiger partial charge in [0, 0.05) is 67.9 Å². The van der Waals surface area contributed by atoms with Crippen molar-refractivity contribution in [2.45, 2.75) is 0 Å². The Bertz CT molecular complexity index is 1480. The van der Waals surface area contributed by atoms with E-state index in [2.05, 4.69) is 14.8 Å². The number of piperazine rings is 1. The summed E-state index contributed by atoms with van der Waals surface area (Å²) in [5.74, 6) is 1.83. The van der Waals surface area contributed by atoms with Gasteiger partial charge in [0.1, 0.15) is 19.0 Å². The lowest BCUT2D eigenvalue weighted by Crippen LogP contribution is -2.48. The lowest BCUT2D eigenvalue weighted by molar-refractivity contribution is 0.0948. The maximum atomic E-state index is 13.1. The Hall–Kier alpha value is -4.22. The molecule has 0 radical (unpaired) electrons. The van der Waals surface area contributed by atoms with Gasteiger partial charge in [-0.15, -0.1) is 0 Å². The quantitative estimate of drug-likeness (QED) is 0.394. The number of hydrogen-bond acceptors (Lipinski definition) is 11. The first-order valence-electron chi connectivity index (χ1n) is 13.8. The summed E-state index contributed by atoms with van der Waals surface area (Å²) in [7, 11) is 7.98. The second kappa shape index (κ2) is 12.1. The van der Waals surface area contributed by atoms with E-state index in [1.165, 1.54) is 6.08 Å². The summed E-state index contributed by atoms with van der Waals surface area (Å²) in [6.45, 7) is 4.76. The maximum Gasteiger partial charge on any atom is 0.228 e. The molecule has 216 valence electrons. The summed E-state index contributed by atoms with van der Waals surface area (Å²) < 4.78 is 12.2. The summed E-state index contributed by atoms with van der Waals surface area (Å²) >= 11 is 0. The SMILES string of the molecule is CN(C)CCOc1cc2nc(N3CCN(C4=CC(=O)c5ccccc5C4=O)CC3)nc(N)c2cc1OCCN(C)C. The number of rotatable bonds is 10. The van der Waals surface area contributed by atoms with Crippen molar-refractivity contribution in [3.8, 4) is 11.5 Å². The van der Waals surface area contributed by atoms with Gasteiger partial charge in [-0.1, -0.05) is 24.3 Å². The zero-order valence-corrected chi connectivity index (χ0v) is 24.1. The minimum Gasteiger partial charge on any atom is -0.488 e. The highest BCUT2D eigenvalue weighted by Gasteiger charge is 2.31. The number of ether oxygens (including phenoxy) is 2. The molecule has 1 aliphatic heterocycles. The standard InChI is InChI=1S/C30H37N7O4/c1-34(2)13-15-40-26-17-22-23(18-27(26)41-16-14-35(3)4)32-30(33-29(22)31)37-11-9-36(10-12-37)24-19-25(38)20-7-5-6-8-21(20)28(24)39/h5-8,17-19H,9-16H2,1-4H3,(H2,31,32,33). The second-order valence-corrected chi connectivity index (χ2v) is 10.8. The van der Waals surface area contributed by atoms with Gasteiger partial charge in [-0.2, -0.15) is 4.98 Å². The number of hydrogen-bond donors (Lipinski definition) is 1. The molecule has 1 fully saturated rings. The first-order chi connectivity index (χ1) is 19.7. The predicted octanol–water partition coefficient (Wildman–Crippen LogP) is 2.18. The number of Topliss-reactive ketones (excluding diaryl/α,β-unsaturated/α-hetero) is 1. The average Bonchev–Trinajstić information content (AvgIpc) is 2.95. The number of ketones is 2. The molecule has 11 nitrogen and oxygen atoms in total. The minimum absolute atomic E-state index is 0.120. The van der Waals surface area contributed by atoms with Crippen molar-refractivity contribution in [2.24, 2.45) is 0 Å². The fourth-order valence-corrected chi connectivity index (χ4v) is 4.87. The fraction of sp³-hybridized carbons (Fsp3) is 0.400. The zero-order valence-electron chi connectivity index (χ0n) is 24.1. The van der Waals surface area contributed by atoms with E-state index in [0.29, 0.717) is 90.4 Å². The molecule has 2 heterocycles. The van der Waals surface area contributed by atoms with Gasteiger partial charge < -0.3 is 34.8 Å². The van der Waals surface area contributed by atoms with Crippen LogP contribution in [0.1, 0.15) is 20.7 Å². The van der Waals surface area contributed by atoms with Crippen LogP contribution in [0, 0.1) is 0 Å². The third kappa shape index (κ3) is 6.26. The molecule has 2 aromatic carbocycles. The van der Waals surface area contributed by atoms with Gasteiger partial charge in [0.05, 0.1) is 11.2 Å². The van der Waals surface area contributed by atoms with E-state index in [4.69, 9.17) is 20.2 Å². The third-order valence-corrected chi connectivity index (χ3v) is 7.21.